The van der Waals surface area contributed by atoms with Crippen LogP contribution in [-0.4, -0.2) is 34.6 Å². The Morgan fingerprint density at radius 3 is 2.21 bits per heavy atom. The Morgan fingerprint density at radius 1 is 1.43 bits per heavy atom. The molecule has 0 saturated heterocycles. The minimum Gasteiger partial charge on any atom is -0.295 e. The first-order chi connectivity index (χ1) is 6.62. The Labute approximate surface area is 94.6 Å². The molecule has 0 heterocycles. The number of ketones is 1. The first-order valence-corrected chi connectivity index (χ1v) is 7.21. The van der Waals surface area contributed by atoms with Gasteiger partial charge in [0.1, 0.15) is 0 Å². The van der Waals surface area contributed by atoms with Crippen LogP contribution in [0.3, 0.4) is 0 Å². The molecule has 14 heavy (non-hydrogen) atoms. The number of hydrogen-bond donors (Lipinski definition) is 0. The average Bonchev–Trinajstić information content (AvgIpc) is 2.25. The van der Waals surface area contributed by atoms with Crippen LogP contribution in [-0.2, 0) is 9.59 Å². The van der Waals surface area contributed by atoms with Gasteiger partial charge in [-0.15, -0.1) is 11.8 Å². The average molecular weight is 234 g/mol. The molecule has 0 aromatic heterocycles. The van der Waals surface area contributed by atoms with E-state index in [0.29, 0.717) is 12.7 Å². The topological polar surface area (TPSA) is 34.1 Å². The molecule has 0 aliphatic carbocycles. The van der Waals surface area contributed by atoms with Crippen LogP contribution >= 0.6 is 23.5 Å². The fourth-order valence-corrected chi connectivity index (χ4v) is 4.27. The Balaban J connectivity index is 5.02. The zero-order chi connectivity index (χ0) is 11.2. The lowest BCUT2D eigenvalue weighted by molar-refractivity contribution is -0.131. The summed E-state index contributed by atoms with van der Waals surface area (Å²) in [6.45, 7) is 4.02. The normalized spacial score (nSPS) is 17.1. The maximum Gasteiger partial charge on any atom is 0.212 e. The van der Waals surface area contributed by atoms with Crippen molar-refractivity contribution in [3.8, 4) is 0 Å². The second-order valence-corrected chi connectivity index (χ2v) is 5.24. The lowest BCUT2D eigenvalue weighted by atomic mass is 9.94. The maximum atomic E-state index is 11.7. The molecule has 0 rings (SSSR count). The molecular weight excluding hydrogens is 216 g/mol. The van der Waals surface area contributed by atoms with Crippen LogP contribution in [0, 0.1) is 0 Å². The van der Waals surface area contributed by atoms with E-state index in [1.807, 2.05) is 19.4 Å². The molecule has 0 aromatic rings. The molecule has 0 amide bonds. The third-order valence-corrected chi connectivity index (χ3v) is 5.55. The molecule has 2 unspecified atom stereocenters. The Hall–Kier alpha value is 0.0400. The Morgan fingerprint density at radius 2 is 2.00 bits per heavy atom. The standard InChI is InChI=1S/C10H18O2S2/c1-5-9(13-3)10(6-2,14-4)8(12)7-11/h7,9H,5-6H2,1-4H3. The highest BCUT2D eigenvalue weighted by Gasteiger charge is 2.41. The van der Waals surface area contributed by atoms with Crippen LogP contribution in [0.25, 0.3) is 0 Å². The summed E-state index contributed by atoms with van der Waals surface area (Å²) in [4.78, 5) is 22.3. The molecule has 0 N–H and O–H groups in total. The molecule has 0 saturated carbocycles. The van der Waals surface area contributed by atoms with Crippen molar-refractivity contribution in [1.82, 2.24) is 0 Å². The van der Waals surface area contributed by atoms with E-state index in [0.717, 1.165) is 6.42 Å². The SMILES string of the molecule is CCC(SC)C(CC)(SC)C(=O)C=O. The summed E-state index contributed by atoms with van der Waals surface area (Å²) in [5.41, 5.74) is 0. The van der Waals surface area contributed by atoms with Crippen LogP contribution in [0.1, 0.15) is 26.7 Å². The molecule has 0 bridgehead atoms. The highest BCUT2D eigenvalue weighted by atomic mass is 32.2. The van der Waals surface area contributed by atoms with E-state index in [-0.39, 0.29) is 11.0 Å². The van der Waals surface area contributed by atoms with Crippen molar-refractivity contribution < 1.29 is 9.59 Å². The summed E-state index contributed by atoms with van der Waals surface area (Å²) >= 11 is 3.17. The van der Waals surface area contributed by atoms with E-state index >= 15 is 0 Å². The van der Waals surface area contributed by atoms with Crippen molar-refractivity contribution in [2.75, 3.05) is 12.5 Å². The van der Waals surface area contributed by atoms with E-state index in [2.05, 4.69) is 6.92 Å². The third-order valence-electron chi connectivity index (χ3n) is 2.59. The van der Waals surface area contributed by atoms with Gasteiger partial charge in [0.25, 0.3) is 0 Å². The fraction of sp³-hybridized carbons (Fsp3) is 0.800. The van der Waals surface area contributed by atoms with Crippen molar-refractivity contribution in [2.45, 2.75) is 36.7 Å². The van der Waals surface area contributed by atoms with Crippen LogP contribution in [0.2, 0.25) is 0 Å². The Kier molecular flexibility index (Phi) is 6.53. The molecule has 4 heteroatoms. The van der Waals surface area contributed by atoms with Crippen molar-refractivity contribution >= 4 is 35.6 Å². The first-order valence-electron chi connectivity index (χ1n) is 4.70. The largest absolute Gasteiger partial charge is 0.295 e. The van der Waals surface area contributed by atoms with Gasteiger partial charge in [-0.25, -0.2) is 0 Å². The molecule has 0 spiro atoms. The molecule has 0 aliphatic heterocycles. The predicted octanol–water partition coefficient (Wildman–Crippen LogP) is 2.41. The zero-order valence-electron chi connectivity index (χ0n) is 9.20. The smallest absolute Gasteiger partial charge is 0.212 e. The summed E-state index contributed by atoms with van der Waals surface area (Å²) in [6, 6.07) is 0. The van der Waals surface area contributed by atoms with Crippen LogP contribution in [0.15, 0.2) is 0 Å². The summed E-state index contributed by atoms with van der Waals surface area (Å²) in [7, 11) is 0. The van der Waals surface area contributed by atoms with Crippen molar-refractivity contribution in [1.29, 1.82) is 0 Å². The van der Waals surface area contributed by atoms with Crippen molar-refractivity contribution in [2.24, 2.45) is 0 Å². The number of hydrogen-bond acceptors (Lipinski definition) is 4. The molecule has 82 valence electrons. The van der Waals surface area contributed by atoms with Crippen LogP contribution < -0.4 is 0 Å². The summed E-state index contributed by atoms with van der Waals surface area (Å²) < 4.78 is -0.518. The second-order valence-electron chi connectivity index (χ2n) is 3.06. The summed E-state index contributed by atoms with van der Waals surface area (Å²) in [5, 5.41) is 0.222. The molecule has 2 atom stereocenters. The molecule has 2 nitrogen and oxygen atoms in total. The van der Waals surface area contributed by atoms with Gasteiger partial charge < -0.3 is 0 Å². The van der Waals surface area contributed by atoms with Gasteiger partial charge in [-0.2, -0.15) is 11.8 Å². The second kappa shape index (κ2) is 6.51. The molecule has 0 aromatic carbocycles. The molecule has 0 fully saturated rings. The van der Waals surface area contributed by atoms with Crippen molar-refractivity contribution in [3.05, 3.63) is 0 Å². The van der Waals surface area contributed by atoms with Gasteiger partial charge in [0.05, 0.1) is 4.75 Å². The Bertz CT molecular complexity index is 196. The van der Waals surface area contributed by atoms with Crippen LogP contribution in [0.5, 0.6) is 0 Å². The van der Waals surface area contributed by atoms with E-state index < -0.39 is 4.75 Å². The van der Waals surface area contributed by atoms with Gasteiger partial charge in [0.2, 0.25) is 5.78 Å². The number of rotatable bonds is 7. The first kappa shape index (κ1) is 14.0. The number of aldehydes is 1. The highest BCUT2D eigenvalue weighted by Crippen LogP contribution is 2.38. The quantitative estimate of drug-likeness (QED) is 0.500. The van der Waals surface area contributed by atoms with Gasteiger partial charge in [0, 0.05) is 5.25 Å². The van der Waals surface area contributed by atoms with Gasteiger partial charge in [0.15, 0.2) is 6.29 Å². The minimum absolute atomic E-state index is 0.222. The maximum absolute atomic E-state index is 11.7. The number of carbonyl (C=O) groups is 2. The molecule has 0 aliphatic rings. The molecular formula is C10H18O2S2. The highest BCUT2D eigenvalue weighted by molar-refractivity contribution is 8.04. The third kappa shape index (κ3) is 2.54. The van der Waals surface area contributed by atoms with Gasteiger partial charge in [-0.1, -0.05) is 13.8 Å². The lowest BCUT2D eigenvalue weighted by Gasteiger charge is -2.34. The van der Waals surface area contributed by atoms with Crippen molar-refractivity contribution in [3.63, 3.8) is 0 Å². The van der Waals surface area contributed by atoms with E-state index in [1.54, 1.807) is 11.8 Å². The van der Waals surface area contributed by atoms with E-state index in [9.17, 15) is 9.59 Å². The zero-order valence-corrected chi connectivity index (χ0v) is 10.8. The fourth-order valence-electron chi connectivity index (χ4n) is 1.72. The molecule has 0 radical (unpaired) electrons. The number of thioether (sulfide) groups is 2. The summed E-state index contributed by atoms with van der Waals surface area (Å²) in [5.74, 6) is -0.270. The van der Waals surface area contributed by atoms with Gasteiger partial charge in [-0.05, 0) is 25.4 Å². The van der Waals surface area contributed by atoms with Gasteiger partial charge in [-0.3, -0.25) is 9.59 Å². The van der Waals surface area contributed by atoms with Gasteiger partial charge >= 0.3 is 0 Å². The lowest BCUT2D eigenvalue weighted by Crippen LogP contribution is -2.44. The number of Topliss-reactive ketones (excluding diaryl/α,β-unsaturated/α-hetero) is 1. The predicted molar refractivity (Wildman–Crippen MR) is 65.2 cm³/mol. The van der Waals surface area contributed by atoms with E-state index in [4.69, 9.17) is 0 Å². The monoisotopic (exact) mass is 234 g/mol. The van der Waals surface area contributed by atoms with E-state index in [1.165, 1.54) is 11.8 Å². The van der Waals surface area contributed by atoms with Crippen LogP contribution in [0.4, 0.5) is 0 Å². The number of carbonyl (C=O) groups excluding carboxylic acids is 2. The summed E-state index contributed by atoms with van der Waals surface area (Å²) in [6.07, 6.45) is 6.00. The minimum atomic E-state index is -0.518.